The molecule has 0 saturated carbocycles. The molecule has 0 fully saturated rings. The average molecular weight is 228 g/mol. The van der Waals surface area contributed by atoms with Crippen molar-refractivity contribution >= 4 is 5.97 Å². The quantitative estimate of drug-likeness (QED) is 0.411. The van der Waals surface area contributed by atoms with Crippen LogP contribution in [0.1, 0.15) is 72.1 Å². The summed E-state index contributed by atoms with van der Waals surface area (Å²) in [6, 6.07) is 0. The molecule has 16 heavy (non-hydrogen) atoms. The zero-order valence-electron chi connectivity index (χ0n) is 11.3. The van der Waals surface area contributed by atoms with E-state index in [0.717, 1.165) is 12.8 Å². The van der Waals surface area contributed by atoms with E-state index in [1.54, 1.807) is 0 Å². The van der Waals surface area contributed by atoms with Crippen molar-refractivity contribution < 1.29 is 9.53 Å². The number of hydrogen-bond donors (Lipinski definition) is 0. The van der Waals surface area contributed by atoms with Crippen LogP contribution < -0.4 is 0 Å². The molecule has 0 aliphatic heterocycles. The molecule has 1 atom stereocenters. The molecule has 1 unspecified atom stereocenters. The molecule has 2 heteroatoms. The highest BCUT2D eigenvalue weighted by molar-refractivity contribution is 5.71. The van der Waals surface area contributed by atoms with Gasteiger partial charge in [0, 0.05) is 0 Å². The molecule has 0 radical (unpaired) electrons. The van der Waals surface area contributed by atoms with Crippen LogP contribution in [0.4, 0.5) is 0 Å². The van der Waals surface area contributed by atoms with Gasteiger partial charge in [-0.25, -0.2) is 0 Å². The fraction of sp³-hybridized carbons (Fsp3) is 0.929. The minimum atomic E-state index is -0.0338. The van der Waals surface area contributed by atoms with Gasteiger partial charge < -0.3 is 4.74 Å². The number of ether oxygens (including phenoxy) is 1. The summed E-state index contributed by atoms with van der Waals surface area (Å²) in [7, 11) is 0. The van der Waals surface area contributed by atoms with Crippen molar-refractivity contribution in [2.24, 2.45) is 5.92 Å². The Morgan fingerprint density at radius 1 is 1.00 bits per heavy atom. The van der Waals surface area contributed by atoms with E-state index < -0.39 is 0 Å². The zero-order valence-corrected chi connectivity index (χ0v) is 11.3. The first kappa shape index (κ1) is 15.5. The second-order valence-corrected chi connectivity index (χ2v) is 4.56. The second-order valence-electron chi connectivity index (χ2n) is 4.56. The molecule has 2 nitrogen and oxygen atoms in total. The fourth-order valence-corrected chi connectivity index (χ4v) is 1.81. The largest absolute Gasteiger partial charge is 0.466 e. The van der Waals surface area contributed by atoms with Crippen LogP contribution in [0.5, 0.6) is 0 Å². The molecule has 0 aromatic rings. The van der Waals surface area contributed by atoms with Crippen LogP contribution in [0.3, 0.4) is 0 Å². The third kappa shape index (κ3) is 8.75. The Morgan fingerprint density at radius 2 is 1.56 bits per heavy atom. The molecule has 96 valence electrons. The Balaban J connectivity index is 3.27. The summed E-state index contributed by atoms with van der Waals surface area (Å²) >= 11 is 0. The Kier molecular flexibility index (Phi) is 10.6. The molecule has 0 amide bonds. The Labute approximate surface area is 101 Å². The van der Waals surface area contributed by atoms with Gasteiger partial charge in [-0.3, -0.25) is 4.79 Å². The lowest BCUT2D eigenvalue weighted by Crippen LogP contribution is -2.14. The molecule has 0 rings (SSSR count). The summed E-state index contributed by atoms with van der Waals surface area (Å²) < 4.78 is 4.97. The molecule has 0 aliphatic rings. The van der Waals surface area contributed by atoms with Gasteiger partial charge in [-0.2, -0.15) is 0 Å². The Bertz CT molecular complexity index is 166. The average Bonchev–Trinajstić information content (AvgIpc) is 2.28. The van der Waals surface area contributed by atoms with E-state index in [1.807, 2.05) is 13.8 Å². The third-order valence-corrected chi connectivity index (χ3v) is 2.93. The van der Waals surface area contributed by atoms with Crippen LogP contribution >= 0.6 is 0 Å². The highest BCUT2D eigenvalue weighted by Gasteiger charge is 2.12. The summed E-state index contributed by atoms with van der Waals surface area (Å²) in [6.07, 6.45) is 10.1. The van der Waals surface area contributed by atoms with Gasteiger partial charge in [0.05, 0.1) is 12.5 Å². The number of carbonyl (C=O) groups is 1. The SMILES string of the molecule is CCCCCCCCCC(C)C(=O)OCC. The normalized spacial score (nSPS) is 12.4. The van der Waals surface area contributed by atoms with Crippen LogP contribution in [0.2, 0.25) is 0 Å². The maximum atomic E-state index is 11.3. The van der Waals surface area contributed by atoms with Gasteiger partial charge in [0.15, 0.2) is 0 Å². The van der Waals surface area contributed by atoms with Gasteiger partial charge in [0.2, 0.25) is 0 Å². The molecule has 0 aliphatic carbocycles. The second kappa shape index (κ2) is 11.0. The lowest BCUT2D eigenvalue weighted by atomic mass is 10.0. The lowest BCUT2D eigenvalue weighted by Gasteiger charge is -2.09. The number of rotatable bonds is 10. The van der Waals surface area contributed by atoms with Crippen LogP contribution in [0.25, 0.3) is 0 Å². The van der Waals surface area contributed by atoms with Crippen molar-refractivity contribution in [3.8, 4) is 0 Å². The summed E-state index contributed by atoms with van der Waals surface area (Å²) in [6.45, 7) is 6.56. The fourth-order valence-electron chi connectivity index (χ4n) is 1.81. The van der Waals surface area contributed by atoms with E-state index in [-0.39, 0.29) is 11.9 Å². The number of esters is 1. The first-order valence-corrected chi connectivity index (χ1v) is 6.89. The number of unbranched alkanes of at least 4 members (excludes halogenated alkanes) is 6. The van der Waals surface area contributed by atoms with Gasteiger partial charge in [-0.1, -0.05) is 58.8 Å². The zero-order chi connectivity index (χ0) is 12.2. The maximum absolute atomic E-state index is 11.3. The van der Waals surface area contributed by atoms with Crippen molar-refractivity contribution in [2.45, 2.75) is 72.1 Å². The summed E-state index contributed by atoms with van der Waals surface area (Å²) in [5.74, 6) is 0.0454. The molecule has 0 aromatic carbocycles. The predicted octanol–water partition coefficient (Wildman–Crippen LogP) is 4.33. The molecule has 0 saturated heterocycles. The molecule has 0 spiro atoms. The van der Waals surface area contributed by atoms with Gasteiger partial charge in [-0.15, -0.1) is 0 Å². The van der Waals surface area contributed by atoms with E-state index >= 15 is 0 Å². The van der Waals surface area contributed by atoms with Crippen LogP contribution in [-0.2, 0) is 9.53 Å². The minimum Gasteiger partial charge on any atom is -0.466 e. The Morgan fingerprint density at radius 3 is 2.12 bits per heavy atom. The molecular formula is C14H28O2. The lowest BCUT2D eigenvalue weighted by molar-refractivity contribution is -0.147. The van der Waals surface area contributed by atoms with E-state index in [1.165, 1.54) is 38.5 Å². The summed E-state index contributed by atoms with van der Waals surface area (Å²) in [5.41, 5.74) is 0. The van der Waals surface area contributed by atoms with E-state index in [4.69, 9.17) is 4.74 Å². The number of carbonyl (C=O) groups excluding carboxylic acids is 1. The van der Waals surface area contributed by atoms with E-state index in [2.05, 4.69) is 6.92 Å². The van der Waals surface area contributed by atoms with Crippen molar-refractivity contribution in [3.05, 3.63) is 0 Å². The first-order valence-electron chi connectivity index (χ1n) is 6.89. The van der Waals surface area contributed by atoms with Gasteiger partial charge in [0.1, 0.15) is 0 Å². The van der Waals surface area contributed by atoms with Crippen molar-refractivity contribution in [3.63, 3.8) is 0 Å². The number of hydrogen-bond acceptors (Lipinski definition) is 2. The maximum Gasteiger partial charge on any atom is 0.308 e. The van der Waals surface area contributed by atoms with E-state index in [0.29, 0.717) is 6.61 Å². The van der Waals surface area contributed by atoms with E-state index in [9.17, 15) is 4.79 Å². The van der Waals surface area contributed by atoms with Gasteiger partial charge in [0.25, 0.3) is 0 Å². The monoisotopic (exact) mass is 228 g/mol. The third-order valence-electron chi connectivity index (χ3n) is 2.93. The van der Waals surface area contributed by atoms with Crippen molar-refractivity contribution in [1.82, 2.24) is 0 Å². The standard InChI is InChI=1S/C14H28O2/c1-4-6-7-8-9-10-11-12-13(3)14(15)16-5-2/h13H,4-12H2,1-3H3. The van der Waals surface area contributed by atoms with Crippen molar-refractivity contribution in [1.29, 1.82) is 0 Å². The molecule has 0 heterocycles. The van der Waals surface area contributed by atoms with Gasteiger partial charge in [-0.05, 0) is 13.3 Å². The van der Waals surface area contributed by atoms with Crippen LogP contribution in [0, 0.1) is 5.92 Å². The Hall–Kier alpha value is -0.530. The summed E-state index contributed by atoms with van der Waals surface area (Å²) in [4.78, 5) is 11.3. The van der Waals surface area contributed by atoms with Crippen LogP contribution in [-0.4, -0.2) is 12.6 Å². The summed E-state index contributed by atoms with van der Waals surface area (Å²) in [5, 5.41) is 0. The topological polar surface area (TPSA) is 26.3 Å². The predicted molar refractivity (Wildman–Crippen MR) is 68.4 cm³/mol. The highest BCUT2D eigenvalue weighted by Crippen LogP contribution is 2.13. The molecule has 0 bridgehead atoms. The van der Waals surface area contributed by atoms with Gasteiger partial charge >= 0.3 is 5.97 Å². The molecule has 0 N–H and O–H groups in total. The molecule has 0 aromatic heterocycles. The molecular weight excluding hydrogens is 200 g/mol. The van der Waals surface area contributed by atoms with Crippen molar-refractivity contribution in [2.75, 3.05) is 6.61 Å². The smallest absolute Gasteiger partial charge is 0.308 e. The van der Waals surface area contributed by atoms with Crippen LogP contribution in [0.15, 0.2) is 0 Å². The minimum absolute atomic E-state index is 0.0338. The highest BCUT2D eigenvalue weighted by atomic mass is 16.5. The first-order chi connectivity index (χ1) is 7.72.